The molecule has 0 spiro atoms. The lowest BCUT2D eigenvalue weighted by molar-refractivity contribution is 0.250. The lowest BCUT2D eigenvalue weighted by Crippen LogP contribution is -2.25. The van der Waals surface area contributed by atoms with Crippen LogP contribution in [0.1, 0.15) is 36.7 Å². The molecule has 0 saturated carbocycles. The molecule has 124 valence electrons. The summed E-state index contributed by atoms with van der Waals surface area (Å²) in [6, 6.07) is 16.1. The van der Waals surface area contributed by atoms with Gasteiger partial charge in [0.1, 0.15) is 5.82 Å². The fourth-order valence-electron chi connectivity index (χ4n) is 4.07. The first-order valence-corrected chi connectivity index (χ1v) is 9.02. The molecule has 3 heteroatoms. The number of hydrogen-bond donors (Lipinski definition) is 0. The highest BCUT2D eigenvalue weighted by atomic mass is 15.2. The van der Waals surface area contributed by atoms with Gasteiger partial charge in [-0.3, -0.25) is 4.90 Å². The van der Waals surface area contributed by atoms with Crippen molar-refractivity contribution in [3.8, 4) is 0 Å². The summed E-state index contributed by atoms with van der Waals surface area (Å²) < 4.78 is 2.25. The van der Waals surface area contributed by atoms with E-state index in [0.29, 0.717) is 6.04 Å². The molecule has 0 amide bonds. The van der Waals surface area contributed by atoms with E-state index in [2.05, 4.69) is 70.0 Å². The molecule has 1 fully saturated rings. The molecule has 0 radical (unpaired) electrons. The molecule has 0 bridgehead atoms. The first-order valence-electron chi connectivity index (χ1n) is 9.02. The molecule has 2 heterocycles. The van der Waals surface area contributed by atoms with Gasteiger partial charge in [0, 0.05) is 31.5 Å². The van der Waals surface area contributed by atoms with Gasteiger partial charge in [-0.2, -0.15) is 0 Å². The normalized spacial score (nSPS) is 18.5. The van der Waals surface area contributed by atoms with Gasteiger partial charge in [-0.1, -0.05) is 42.5 Å². The molecule has 2 aromatic carbocycles. The third kappa shape index (κ3) is 2.96. The molecule has 4 rings (SSSR count). The van der Waals surface area contributed by atoms with Crippen molar-refractivity contribution in [2.45, 2.75) is 38.8 Å². The van der Waals surface area contributed by atoms with Crippen molar-refractivity contribution >= 4 is 10.8 Å². The van der Waals surface area contributed by atoms with Crippen LogP contribution in [0.3, 0.4) is 0 Å². The average Bonchev–Trinajstić information content (AvgIpc) is 3.24. The standard InChI is InChI=1S/C21H25N3/c1-17-22-12-16-23(17)14-6-15-24-13-5-11-21(24)20-10-4-8-18-7-2-3-9-19(18)20/h2-4,7-10,12,16,21H,5-6,11,13-15H2,1H3/t21-/m1/s1. The van der Waals surface area contributed by atoms with Crippen LogP contribution in [-0.4, -0.2) is 27.5 Å². The predicted octanol–water partition coefficient (Wildman–Crippen LogP) is 4.57. The number of rotatable bonds is 5. The molecule has 0 N–H and O–H groups in total. The Labute approximate surface area is 143 Å². The van der Waals surface area contributed by atoms with Gasteiger partial charge in [0.05, 0.1) is 0 Å². The van der Waals surface area contributed by atoms with E-state index in [1.165, 1.54) is 42.1 Å². The summed E-state index contributed by atoms with van der Waals surface area (Å²) in [6.07, 6.45) is 7.74. The minimum atomic E-state index is 0.569. The Morgan fingerprint density at radius 2 is 1.96 bits per heavy atom. The van der Waals surface area contributed by atoms with Gasteiger partial charge in [0.15, 0.2) is 0 Å². The van der Waals surface area contributed by atoms with Gasteiger partial charge in [-0.25, -0.2) is 4.98 Å². The zero-order valence-electron chi connectivity index (χ0n) is 14.4. The summed E-state index contributed by atoms with van der Waals surface area (Å²) in [4.78, 5) is 6.99. The van der Waals surface area contributed by atoms with Crippen LogP contribution in [0.25, 0.3) is 10.8 Å². The predicted molar refractivity (Wildman–Crippen MR) is 99.1 cm³/mol. The molecule has 1 aromatic heterocycles. The number of nitrogens with zero attached hydrogens (tertiary/aromatic N) is 3. The first-order chi connectivity index (χ1) is 11.8. The molecule has 1 atom stereocenters. The molecular weight excluding hydrogens is 294 g/mol. The summed E-state index contributed by atoms with van der Waals surface area (Å²) in [6.45, 7) is 5.52. The molecule has 0 aliphatic carbocycles. The van der Waals surface area contributed by atoms with E-state index >= 15 is 0 Å². The number of benzene rings is 2. The molecule has 0 unspecified atom stereocenters. The van der Waals surface area contributed by atoms with Crippen molar-refractivity contribution in [2.24, 2.45) is 0 Å². The van der Waals surface area contributed by atoms with Crippen LogP contribution < -0.4 is 0 Å². The zero-order valence-corrected chi connectivity index (χ0v) is 14.4. The SMILES string of the molecule is Cc1nccn1CCCN1CCC[C@@H]1c1cccc2ccccc12. The lowest BCUT2D eigenvalue weighted by Gasteiger charge is -2.26. The van der Waals surface area contributed by atoms with E-state index in [1.54, 1.807) is 0 Å². The van der Waals surface area contributed by atoms with E-state index in [-0.39, 0.29) is 0 Å². The highest BCUT2D eigenvalue weighted by Crippen LogP contribution is 2.35. The van der Waals surface area contributed by atoms with Crippen molar-refractivity contribution in [3.05, 3.63) is 66.2 Å². The Morgan fingerprint density at radius 1 is 1.08 bits per heavy atom. The van der Waals surface area contributed by atoms with Crippen LogP contribution in [-0.2, 0) is 6.54 Å². The van der Waals surface area contributed by atoms with Crippen LogP contribution in [0.5, 0.6) is 0 Å². The Morgan fingerprint density at radius 3 is 2.83 bits per heavy atom. The third-order valence-electron chi connectivity index (χ3n) is 5.31. The Kier molecular flexibility index (Phi) is 4.35. The zero-order chi connectivity index (χ0) is 16.4. The molecule has 1 saturated heterocycles. The van der Waals surface area contributed by atoms with Crippen LogP contribution in [0.15, 0.2) is 54.9 Å². The summed E-state index contributed by atoms with van der Waals surface area (Å²) in [5.41, 5.74) is 1.50. The fraction of sp³-hybridized carbons (Fsp3) is 0.381. The smallest absolute Gasteiger partial charge is 0.105 e. The van der Waals surface area contributed by atoms with Crippen LogP contribution in [0.2, 0.25) is 0 Å². The molecule has 3 aromatic rings. The van der Waals surface area contributed by atoms with E-state index in [1.807, 2.05) is 6.20 Å². The van der Waals surface area contributed by atoms with Gasteiger partial charge >= 0.3 is 0 Å². The van der Waals surface area contributed by atoms with Gasteiger partial charge in [-0.15, -0.1) is 0 Å². The first kappa shape index (κ1) is 15.4. The average molecular weight is 319 g/mol. The minimum absolute atomic E-state index is 0.569. The van der Waals surface area contributed by atoms with Crippen molar-refractivity contribution in [2.75, 3.05) is 13.1 Å². The van der Waals surface area contributed by atoms with Gasteiger partial charge in [-0.05, 0) is 49.1 Å². The number of aryl methyl sites for hydroxylation is 2. The quantitative estimate of drug-likeness (QED) is 0.687. The van der Waals surface area contributed by atoms with E-state index in [9.17, 15) is 0 Å². The van der Waals surface area contributed by atoms with Gasteiger partial charge in [0.25, 0.3) is 0 Å². The molecular formula is C21H25N3. The monoisotopic (exact) mass is 319 g/mol. The summed E-state index contributed by atoms with van der Waals surface area (Å²) in [5.74, 6) is 1.11. The number of likely N-dealkylation sites (tertiary alicyclic amines) is 1. The summed E-state index contributed by atoms with van der Waals surface area (Å²) in [5, 5.41) is 2.78. The summed E-state index contributed by atoms with van der Waals surface area (Å²) >= 11 is 0. The van der Waals surface area contributed by atoms with E-state index in [4.69, 9.17) is 0 Å². The third-order valence-corrected chi connectivity index (χ3v) is 5.31. The minimum Gasteiger partial charge on any atom is -0.335 e. The van der Waals surface area contributed by atoms with Crippen LogP contribution in [0.4, 0.5) is 0 Å². The maximum absolute atomic E-state index is 4.31. The second-order valence-electron chi connectivity index (χ2n) is 6.78. The van der Waals surface area contributed by atoms with Crippen LogP contribution >= 0.6 is 0 Å². The molecule has 1 aliphatic rings. The highest BCUT2D eigenvalue weighted by molar-refractivity contribution is 5.86. The van der Waals surface area contributed by atoms with Gasteiger partial charge in [0.2, 0.25) is 0 Å². The van der Waals surface area contributed by atoms with Crippen LogP contribution in [0, 0.1) is 6.92 Å². The van der Waals surface area contributed by atoms with E-state index in [0.717, 1.165) is 18.9 Å². The maximum atomic E-state index is 4.31. The second-order valence-corrected chi connectivity index (χ2v) is 6.78. The lowest BCUT2D eigenvalue weighted by atomic mass is 9.97. The van der Waals surface area contributed by atoms with E-state index < -0.39 is 0 Å². The van der Waals surface area contributed by atoms with Crippen molar-refractivity contribution in [1.82, 2.24) is 14.5 Å². The number of imidazole rings is 1. The fourth-order valence-corrected chi connectivity index (χ4v) is 4.07. The number of aromatic nitrogens is 2. The Bertz CT molecular complexity index is 815. The van der Waals surface area contributed by atoms with Crippen molar-refractivity contribution in [3.63, 3.8) is 0 Å². The van der Waals surface area contributed by atoms with Crippen molar-refractivity contribution < 1.29 is 0 Å². The Balaban J connectivity index is 1.49. The molecule has 1 aliphatic heterocycles. The number of fused-ring (bicyclic) bond motifs is 1. The highest BCUT2D eigenvalue weighted by Gasteiger charge is 2.26. The topological polar surface area (TPSA) is 21.1 Å². The Hall–Kier alpha value is -2.13. The second kappa shape index (κ2) is 6.78. The van der Waals surface area contributed by atoms with Crippen molar-refractivity contribution in [1.29, 1.82) is 0 Å². The van der Waals surface area contributed by atoms with Gasteiger partial charge < -0.3 is 4.57 Å². The molecule has 3 nitrogen and oxygen atoms in total. The maximum Gasteiger partial charge on any atom is 0.105 e. The molecule has 24 heavy (non-hydrogen) atoms. The largest absolute Gasteiger partial charge is 0.335 e. The summed E-state index contributed by atoms with van der Waals surface area (Å²) in [7, 11) is 0. The number of hydrogen-bond acceptors (Lipinski definition) is 2.